The van der Waals surface area contributed by atoms with Gasteiger partial charge in [-0.25, -0.2) is 0 Å². The molecule has 2 N–H and O–H groups in total. The molecule has 65 heavy (non-hydrogen) atoms. The number of hydrogen-bond donors (Lipinski definition) is 2. The molecule has 0 aromatic rings. The van der Waals surface area contributed by atoms with E-state index in [1.807, 2.05) is 26.0 Å². The summed E-state index contributed by atoms with van der Waals surface area (Å²) in [6.45, 7) is 5.85. The van der Waals surface area contributed by atoms with E-state index in [2.05, 4.69) is 0 Å². The van der Waals surface area contributed by atoms with E-state index in [9.17, 15) is 58.2 Å². The molecule has 15 nitrogen and oxygen atoms in total. The first-order valence-electron chi connectivity index (χ1n) is 23.0. The monoisotopic (exact) mass is 898 g/mol. The van der Waals surface area contributed by atoms with Crippen molar-refractivity contribution in [3.63, 3.8) is 0 Å². The van der Waals surface area contributed by atoms with Gasteiger partial charge in [-0.1, -0.05) is 51.0 Å². The molecule has 0 bridgehead atoms. The van der Waals surface area contributed by atoms with Gasteiger partial charge in [0, 0.05) is 46.3 Å². The number of fused-ring (bicyclic) bond motifs is 10. The van der Waals surface area contributed by atoms with Crippen LogP contribution in [0, 0.1) is 57.2 Å². The SMILES string of the molecule is C[C@]12C=CC(=O)C=C1CC[C@@H]1C2C(=O)C[C@@]2(C)C1CC[C@]2(O)C(=O)COC(=O)CCC(=O)OC(=O)CCC(=O)OCC(=O)[C@]1(O)CCC2C3CCC4=CC(=O)C=C[C@@]4(C)C3C(=O)C[C@]21C. The Morgan fingerprint density at radius 2 is 0.938 bits per heavy atom. The topological polar surface area (TPSA) is 239 Å². The molecule has 348 valence electrons. The molecule has 0 aromatic heterocycles. The average molecular weight is 899 g/mol. The van der Waals surface area contributed by atoms with Gasteiger partial charge in [-0.2, -0.15) is 0 Å². The molecule has 0 radical (unpaired) electrons. The first-order chi connectivity index (χ1) is 30.5. The van der Waals surface area contributed by atoms with Crippen LogP contribution in [0.2, 0.25) is 0 Å². The number of ketones is 6. The molecule has 0 aromatic carbocycles. The van der Waals surface area contributed by atoms with Gasteiger partial charge in [-0.15, -0.1) is 0 Å². The summed E-state index contributed by atoms with van der Waals surface area (Å²) in [5.41, 5.74) is -5.42. The summed E-state index contributed by atoms with van der Waals surface area (Å²) in [6.07, 6.45) is 11.2. The van der Waals surface area contributed by atoms with Crippen LogP contribution in [-0.2, 0) is 62.2 Å². The van der Waals surface area contributed by atoms with Crippen LogP contribution < -0.4 is 0 Å². The second-order valence-corrected chi connectivity index (χ2v) is 20.9. The summed E-state index contributed by atoms with van der Waals surface area (Å²) in [5, 5.41) is 23.8. The fraction of sp³-hybridized carbons (Fsp3) is 0.640. The van der Waals surface area contributed by atoms with Gasteiger partial charge in [0.1, 0.15) is 22.8 Å². The first-order valence-corrected chi connectivity index (χ1v) is 23.0. The van der Waals surface area contributed by atoms with E-state index in [-0.39, 0.29) is 84.3 Å². The number of hydrogen-bond acceptors (Lipinski definition) is 15. The molecule has 8 aliphatic rings. The fourth-order valence-electron chi connectivity index (χ4n) is 14.3. The van der Waals surface area contributed by atoms with Crippen molar-refractivity contribution in [3.8, 4) is 0 Å². The van der Waals surface area contributed by atoms with E-state index in [1.165, 1.54) is 12.2 Å². The Labute approximate surface area is 376 Å². The van der Waals surface area contributed by atoms with Gasteiger partial charge in [0.05, 0.1) is 25.7 Å². The van der Waals surface area contributed by atoms with E-state index in [0.717, 1.165) is 11.1 Å². The molecular formula is C50H58O15. The number of carbonyl (C=O) groups excluding carboxylic acids is 10. The Balaban J connectivity index is 0.758. The number of esters is 4. The quantitative estimate of drug-likeness (QED) is 0.158. The third-order valence-electron chi connectivity index (χ3n) is 17.8. The van der Waals surface area contributed by atoms with Crippen molar-refractivity contribution in [3.05, 3.63) is 47.6 Å². The van der Waals surface area contributed by atoms with Gasteiger partial charge in [0.15, 0.2) is 24.8 Å². The highest BCUT2D eigenvalue weighted by atomic mass is 16.6. The minimum absolute atomic E-state index is 0.0494. The fourth-order valence-corrected chi connectivity index (χ4v) is 14.3. The maximum absolute atomic E-state index is 13.9. The summed E-state index contributed by atoms with van der Waals surface area (Å²) >= 11 is 0. The Hall–Kier alpha value is -5.02. The van der Waals surface area contributed by atoms with E-state index in [1.54, 1.807) is 26.0 Å². The Morgan fingerprint density at radius 3 is 1.32 bits per heavy atom. The molecule has 8 rings (SSSR count). The minimum atomic E-state index is -1.93. The molecule has 0 heterocycles. The molecule has 6 saturated carbocycles. The van der Waals surface area contributed by atoms with Gasteiger partial charge in [0.25, 0.3) is 0 Å². The van der Waals surface area contributed by atoms with Crippen LogP contribution in [0.3, 0.4) is 0 Å². The Bertz CT molecular complexity index is 2160. The Kier molecular flexibility index (Phi) is 11.7. The van der Waals surface area contributed by atoms with Crippen LogP contribution in [0.25, 0.3) is 0 Å². The highest BCUT2D eigenvalue weighted by molar-refractivity contribution is 6.03. The standard InChI is InChI=1S/C50H58O15/c1-45-17-13-29(51)21-27(45)5-7-31-33-15-19-49(61,47(33,3)23-35(53)43(31)45)37(55)25-63-39(57)9-11-41(59)65-42(60)12-10-40(58)64-26-38(56)50(62)20-16-34-32-8-6-28-22-30(52)14-18-46(28,2)44(32)36(54)24-48(34,50)4/h13-14,17-18,21-22,31-34,43-44,61-62H,5-12,15-16,19-20,23-26H2,1-4H3/t31-,32?,33?,34?,43?,44?,45-,46+,47-,48+,49-,50+/m0/s1. The molecule has 0 aliphatic heterocycles. The normalized spacial score (nSPS) is 39.9. The number of allylic oxidation sites excluding steroid dienone is 8. The zero-order valence-corrected chi connectivity index (χ0v) is 37.4. The molecule has 0 amide bonds. The van der Waals surface area contributed by atoms with Crippen molar-refractivity contribution < 1.29 is 72.4 Å². The zero-order valence-electron chi connectivity index (χ0n) is 37.4. The smallest absolute Gasteiger partial charge is 0.314 e. The number of carbonyl (C=O) groups is 10. The predicted molar refractivity (Wildman–Crippen MR) is 225 cm³/mol. The molecule has 8 aliphatic carbocycles. The highest BCUT2D eigenvalue weighted by Gasteiger charge is 2.70. The number of rotatable bonds is 12. The van der Waals surface area contributed by atoms with Crippen molar-refractivity contribution in [2.45, 2.75) is 129 Å². The summed E-state index contributed by atoms with van der Waals surface area (Å²) in [5.74, 6) is -7.30. The molecule has 15 heteroatoms. The van der Waals surface area contributed by atoms with E-state index < -0.39 is 107 Å². The van der Waals surface area contributed by atoms with Crippen LogP contribution in [0.1, 0.15) is 118 Å². The van der Waals surface area contributed by atoms with Crippen LogP contribution in [-0.4, -0.2) is 93.2 Å². The van der Waals surface area contributed by atoms with Crippen molar-refractivity contribution in [2.24, 2.45) is 57.2 Å². The van der Waals surface area contributed by atoms with Crippen LogP contribution in [0.5, 0.6) is 0 Å². The molecule has 0 saturated heterocycles. The molecular weight excluding hydrogens is 841 g/mol. The summed E-state index contributed by atoms with van der Waals surface area (Å²) in [4.78, 5) is 129. The Morgan fingerprint density at radius 1 is 0.569 bits per heavy atom. The van der Waals surface area contributed by atoms with Crippen molar-refractivity contribution in [1.82, 2.24) is 0 Å². The van der Waals surface area contributed by atoms with Gasteiger partial charge in [-0.05, 0) is 99.3 Å². The molecule has 12 atom stereocenters. The maximum Gasteiger partial charge on any atom is 0.314 e. The lowest BCUT2D eigenvalue weighted by Gasteiger charge is -2.56. The first kappa shape index (κ1) is 46.5. The van der Waals surface area contributed by atoms with Crippen LogP contribution in [0.15, 0.2) is 47.6 Å². The number of Topliss-reactive ketones (excluding diaryl/α,β-unsaturated/α-hetero) is 4. The van der Waals surface area contributed by atoms with Crippen molar-refractivity contribution in [2.75, 3.05) is 13.2 Å². The third-order valence-corrected chi connectivity index (χ3v) is 17.8. The van der Waals surface area contributed by atoms with Crippen LogP contribution in [0.4, 0.5) is 0 Å². The van der Waals surface area contributed by atoms with Crippen LogP contribution >= 0.6 is 0 Å². The summed E-state index contributed by atoms with van der Waals surface area (Å²) in [7, 11) is 0. The predicted octanol–water partition coefficient (Wildman–Crippen LogP) is 4.28. The second kappa shape index (κ2) is 16.4. The molecule has 6 fully saturated rings. The lowest BCUT2D eigenvalue weighted by molar-refractivity contribution is -0.172. The van der Waals surface area contributed by atoms with Gasteiger partial charge in [-0.3, -0.25) is 47.9 Å². The minimum Gasteiger partial charge on any atom is -0.458 e. The summed E-state index contributed by atoms with van der Waals surface area (Å²) < 4.78 is 15.0. The number of aliphatic hydroxyl groups is 2. The van der Waals surface area contributed by atoms with Crippen molar-refractivity contribution in [1.29, 1.82) is 0 Å². The largest absolute Gasteiger partial charge is 0.458 e. The lowest BCUT2D eigenvalue weighted by atomic mass is 9.46. The lowest BCUT2D eigenvalue weighted by Crippen LogP contribution is -2.60. The van der Waals surface area contributed by atoms with E-state index >= 15 is 0 Å². The second-order valence-electron chi connectivity index (χ2n) is 20.9. The van der Waals surface area contributed by atoms with Gasteiger partial charge >= 0.3 is 23.9 Å². The average Bonchev–Trinajstić information content (AvgIpc) is 3.68. The molecule has 5 unspecified atom stereocenters. The van der Waals surface area contributed by atoms with E-state index in [4.69, 9.17) is 14.2 Å². The van der Waals surface area contributed by atoms with Gasteiger partial charge in [0.2, 0.25) is 11.6 Å². The third kappa shape index (κ3) is 7.39. The summed E-state index contributed by atoms with van der Waals surface area (Å²) in [6, 6.07) is 0. The molecule has 0 spiro atoms. The maximum atomic E-state index is 13.9. The highest BCUT2D eigenvalue weighted by Crippen LogP contribution is 2.68. The zero-order chi connectivity index (χ0) is 47.1. The van der Waals surface area contributed by atoms with Crippen molar-refractivity contribution >= 4 is 58.6 Å². The van der Waals surface area contributed by atoms with Gasteiger partial charge < -0.3 is 24.4 Å². The van der Waals surface area contributed by atoms with E-state index in [0.29, 0.717) is 38.5 Å². The number of ether oxygens (including phenoxy) is 3.